The average molecular weight is 307 g/mol. The Morgan fingerprint density at radius 3 is 2.19 bits per heavy atom. The summed E-state index contributed by atoms with van der Waals surface area (Å²) in [5.74, 6) is -2.37. The predicted molar refractivity (Wildman–Crippen MR) is 86.3 cm³/mol. The van der Waals surface area contributed by atoms with Gasteiger partial charge in [0, 0.05) is 17.1 Å². The Labute approximate surface area is 128 Å². The summed E-state index contributed by atoms with van der Waals surface area (Å²) in [5.41, 5.74) is 6.02. The number of benzene rings is 2. The van der Waals surface area contributed by atoms with Crippen LogP contribution in [0.25, 0.3) is 0 Å². The summed E-state index contributed by atoms with van der Waals surface area (Å²) < 4.78 is 24.5. The summed E-state index contributed by atoms with van der Waals surface area (Å²) in [7, 11) is 0. The van der Waals surface area contributed by atoms with E-state index >= 15 is 0 Å². The third kappa shape index (κ3) is 4.46. The second-order valence-electron chi connectivity index (χ2n) is 5.12. The number of thioether (sulfide) groups is 1. The first kappa shape index (κ1) is 15.8. The van der Waals surface area contributed by atoms with Crippen LogP contribution in [0.2, 0.25) is 0 Å². The molecule has 0 aliphatic rings. The van der Waals surface area contributed by atoms with Crippen molar-refractivity contribution in [2.45, 2.75) is 38.0 Å². The van der Waals surface area contributed by atoms with E-state index in [9.17, 15) is 8.78 Å². The van der Waals surface area contributed by atoms with Gasteiger partial charge in [-0.2, -0.15) is 8.78 Å². The van der Waals surface area contributed by atoms with Crippen molar-refractivity contribution >= 4 is 17.4 Å². The summed E-state index contributed by atoms with van der Waals surface area (Å²) in [6.07, 6.45) is 0. The molecule has 4 heteroatoms. The molecule has 2 rings (SSSR count). The summed E-state index contributed by atoms with van der Waals surface area (Å²) in [6.45, 7) is 7.05. The SMILES string of the molecule is Cc1cc(C)c(CNc2ccc(SC(F)F)cc2)cc1C. The normalized spacial score (nSPS) is 11.0. The van der Waals surface area contributed by atoms with Crippen molar-refractivity contribution in [2.75, 3.05) is 5.32 Å². The number of anilines is 1. The molecule has 0 atom stereocenters. The molecule has 2 aromatic rings. The summed E-state index contributed by atoms with van der Waals surface area (Å²) in [4.78, 5) is 0.581. The van der Waals surface area contributed by atoms with Gasteiger partial charge in [0.2, 0.25) is 0 Å². The van der Waals surface area contributed by atoms with Gasteiger partial charge < -0.3 is 5.32 Å². The minimum Gasteiger partial charge on any atom is -0.381 e. The monoisotopic (exact) mass is 307 g/mol. The van der Waals surface area contributed by atoms with Crippen LogP contribution in [0.3, 0.4) is 0 Å². The van der Waals surface area contributed by atoms with Crippen molar-refractivity contribution in [3.05, 3.63) is 58.7 Å². The summed E-state index contributed by atoms with van der Waals surface area (Å²) in [6, 6.07) is 11.5. The Hall–Kier alpha value is -1.55. The van der Waals surface area contributed by atoms with Crippen molar-refractivity contribution in [2.24, 2.45) is 0 Å². The van der Waals surface area contributed by atoms with Gasteiger partial charge in [-0.15, -0.1) is 0 Å². The number of rotatable bonds is 5. The van der Waals surface area contributed by atoms with Gasteiger partial charge in [0.15, 0.2) is 0 Å². The molecule has 1 N–H and O–H groups in total. The summed E-state index contributed by atoms with van der Waals surface area (Å²) in [5, 5.41) is 3.33. The first-order valence-electron chi connectivity index (χ1n) is 6.81. The Kier molecular flexibility index (Phi) is 5.23. The molecule has 0 fully saturated rings. The zero-order chi connectivity index (χ0) is 15.4. The van der Waals surface area contributed by atoms with Crippen molar-refractivity contribution in [1.29, 1.82) is 0 Å². The van der Waals surface area contributed by atoms with Crippen LogP contribution in [-0.4, -0.2) is 5.76 Å². The van der Waals surface area contributed by atoms with E-state index in [2.05, 4.69) is 38.2 Å². The minimum absolute atomic E-state index is 0.566. The summed E-state index contributed by atoms with van der Waals surface area (Å²) >= 11 is 0.566. The van der Waals surface area contributed by atoms with Crippen LogP contribution in [0, 0.1) is 20.8 Å². The fourth-order valence-electron chi connectivity index (χ4n) is 2.16. The molecule has 0 aliphatic heterocycles. The maximum absolute atomic E-state index is 12.3. The number of alkyl halides is 2. The average Bonchev–Trinajstić information content (AvgIpc) is 2.42. The molecule has 0 radical (unpaired) electrons. The Bertz CT molecular complexity index is 609. The maximum atomic E-state index is 12.3. The van der Waals surface area contributed by atoms with Gasteiger partial charge in [0.05, 0.1) is 0 Å². The number of hydrogen-bond acceptors (Lipinski definition) is 2. The minimum atomic E-state index is -2.37. The number of nitrogens with one attached hydrogen (secondary N) is 1. The molecule has 1 nitrogen and oxygen atoms in total. The van der Waals surface area contributed by atoms with Crippen LogP contribution in [-0.2, 0) is 6.54 Å². The number of aryl methyl sites for hydroxylation is 3. The van der Waals surface area contributed by atoms with Crippen LogP contribution >= 0.6 is 11.8 Å². The second kappa shape index (κ2) is 6.94. The topological polar surface area (TPSA) is 12.0 Å². The largest absolute Gasteiger partial charge is 0.381 e. The molecule has 0 unspecified atom stereocenters. The van der Waals surface area contributed by atoms with Gasteiger partial charge in [-0.05, 0) is 67.3 Å². The highest BCUT2D eigenvalue weighted by Gasteiger charge is 2.05. The lowest BCUT2D eigenvalue weighted by Crippen LogP contribution is -2.02. The third-order valence-corrected chi connectivity index (χ3v) is 4.24. The van der Waals surface area contributed by atoms with Crippen LogP contribution in [0.4, 0.5) is 14.5 Å². The van der Waals surface area contributed by atoms with Crippen LogP contribution in [0.15, 0.2) is 41.3 Å². The molecule has 0 saturated carbocycles. The zero-order valence-corrected chi connectivity index (χ0v) is 13.2. The van der Waals surface area contributed by atoms with E-state index in [4.69, 9.17) is 0 Å². The highest BCUT2D eigenvalue weighted by atomic mass is 32.2. The van der Waals surface area contributed by atoms with E-state index in [0.29, 0.717) is 16.7 Å². The lowest BCUT2D eigenvalue weighted by atomic mass is 10.0. The van der Waals surface area contributed by atoms with E-state index in [1.807, 2.05) is 12.1 Å². The molecule has 0 aliphatic carbocycles. The van der Waals surface area contributed by atoms with Crippen LogP contribution in [0.1, 0.15) is 22.3 Å². The Balaban J connectivity index is 2.01. The molecule has 2 aromatic carbocycles. The molecule has 0 saturated heterocycles. The van der Waals surface area contributed by atoms with Crippen LogP contribution in [0.5, 0.6) is 0 Å². The fraction of sp³-hybridized carbons (Fsp3) is 0.294. The van der Waals surface area contributed by atoms with Crippen LogP contribution < -0.4 is 5.32 Å². The highest BCUT2D eigenvalue weighted by Crippen LogP contribution is 2.26. The fourth-order valence-corrected chi connectivity index (χ4v) is 2.66. The first-order valence-corrected chi connectivity index (χ1v) is 7.69. The molecule has 21 heavy (non-hydrogen) atoms. The molecule has 0 bridgehead atoms. The van der Waals surface area contributed by atoms with E-state index < -0.39 is 5.76 Å². The van der Waals surface area contributed by atoms with E-state index in [1.165, 1.54) is 22.3 Å². The lowest BCUT2D eigenvalue weighted by Gasteiger charge is -2.12. The zero-order valence-electron chi connectivity index (χ0n) is 12.4. The van der Waals surface area contributed by atoms with Gasteiger partial charge in [-0.1, -0.05) is 23.9 Å². The lowest BCUT2D eigenvalue weighted by molar-refractivity contribution is 0.252. The van der Waals surface area contributed by atoms with Gasteiger partial charge in [0.25, 0.3) is 5.76 Å². The van der Waals surface area contributed by atoms with Crippen molar-refractivity contribution in [3.8, 4) is 0 Å². The number of hydrogen-bond donors (Lipinski definition) is 1. The van der Waals surface area contributed by atoms with E-state index in [-0.39, 0.29) is 0 Å². The Morgan fingerprint density at radius 2 is 1.57 bits per heavy atom. The highest BCUT2D eigenvalue weighted by molar-refractivity contribution is 7.99. The van der Waals surface area contributed by atoms with Crippen molar-refractivity contribution in [1.82, 2.24) is 0 Å². The van der Waals surface area contributed by atoms with Crippen molar-refractivity contribution < 1.29 is 8.78 Å². The molecule has 0 spiro atoms. The molecule has 0 heterocycles. The van der Waals surface area contributed by atoms with E-state index in [1.54, 1.807) is 12.1 Å². The standard InChI is InChI=1S/C17H19F2NS/c1-11-8-13(3)14(9-12(11)2)10-20-15-4-6-16(7-5-15)21-17(18)19/h4-9,17,20H,10H2,1-3H3. The smallest absolute Gasteiger partial charge is 0.288 e. The first-order chi connectivity index (χ1) is 9.95. The van der Waals surface area contributed by atoms with Gasteiger partial charge in [-0.25, -0.2) is 0 Å². The predicted octanol–water partition coefficient (Wildman–Crippen LogP) is 5.54. The Morgan fingerprint density at radius 1 is 0.952 bits per heavy atom. The van der Waals surface area contributed by atoms with Gasteiger partial charge in [-0.3, -0.25) is 0 Å². The van der Waals surface area contributed by atoms with Gasteiger partial charge in [0.1, 0.15) is 0 Å². The molecule has 0 aromatic heterocycles. The quantitative estimate of drug-likeness (QED) is 0.728. The molecule has 0 amide bonds. The molecule has 112 valence electrons. The molecular formula is C17H19F2NS. The van der Waals surface area contributed by atoms with E-state index in [0.717, 1.165) is 12.2 Å². The third-order valence-electron chi connectivity index (χ3n) is 3.51. The molecular weight excluding hydrogens is 288 g/mol. The second-order valence-corrected chi connectivity index (χ2v) is 6.18. The van der Waals surface area contributed by atoms with Crippen molar-refractivity contribution in [3.63, 3.8) is 0 Å². The van der Waals surface area contributed by atoms with Gasteiger partial charge >= 0.3 is 0 Å². The number of halogens is 2. The maximum Gasteiger partial charge on any atom is 0.288 e.